The summed E-state index contributed by atoms with van der Waals surface area (Å²) in [5, 5.41) is 5.34. The van der Waals surface area contributed by atoms with Gasteiger partial charge < -0.3 is 43.2 Å². The number of nitrogens with one attached hydrogen (secondary N) is 2. The van der Waals surface area contributed by atoms with Gasteiger partial charge in [0.25, 0.3) is 11.8 Å². The van der Waals surface area contributed by atoms with Crippen molar-refractivity contribution in [2.45, 2.75) is 64.3 Å². The van der Waals surface area contributed by atoms with Crippen molar-refractivity contribution in [1.29, 1.82) is 0 Å². The summed E-state index contributed by atoms with van der Waals surface area (Å²) in [4.78, 5) is 50.8. The minimum absolute atomic E-state index is 0.0699. The van der Waals surface area contributed by atoms with Crippen LogP contribution < -0.4 is 10.6 Å². The Hall–Kier alpha value is -3.02. The van der Waals surface area contributed by atoms with Crippen LogP contribution in [-0.2, 0) is 47.5 Å². The Bertz CT molecular complexity index is 1190. The molecular formula is C37H59N3O12. The number of anilines is 1. The van der Waals surface area contributed by atoms with E-state index in [4.69, 9.17) is 37.9 Å². The van der Waals surface area contributed by atoms with Crippen LogP contribution in [-0.4, -0.2) is 147 Å². The van der Waals surface area contributed by atoms with Gasteiger partial charge in [-0.05, 0) is 25.0 Å². The van der Waals surface area contributed by atoms with Gasteiger partial charge in [-0.25, -0.2) is 0 Å². The van der Waals surface area contributed by atoms with E-state index in [1.165, 1.54) is 32.1 Å². The van der Waals surface area contributed by atoms with Crippen molar-refractivity contribution in [2.75, 3.05) is 118 Å². The molecule has 1 atom stereocenters. The first-order chi connectivity index (χ1) is 25.5. The summed E-state index contributed by atoms with van der Waals surface area (Å²) >= 11 is 0. The van der Waals surface area contributed by atoms with Gasteiger partial charge in [-0.15, -0.1) is 0 Å². The molecular weight excluding hydrogens is 678 g/mol. The highest BCUT2D eigenvalue weighted by atomic mass is 16.6. The number of imide groups is 2. The lowest BCUT2D eigenvalue weighted by Crippen LogP contribution is -2.54. The Morgan fingerprint density at radius 2 is 1.10 bits per heavy atom. The number of amides is 4. The first kappa shape index (κ1) is 43.4. The molecule has 1 aromatic rings. The van der Waals surface area contributed by atoms with Crippen LogP contribution in [0.2, 0.25) is 0 Å². The van der Waals surface area contributed by atoms with Crippen LogP contribution >= 0.6 is 0 Å². The number of piperidine rings is 1. The molecule has 2 heterocycles. The SMILES string of the molecule is CCCCCCCCOCCOCCOCCOCCOCCOCCOCCOCCNc1cccc2c1C(=O)N(C1CCC(=O)NC1=O)C2=O. The van der Waals surface area contributed by atoms with Crippen LogP contribution in [0, 0.1) is 0 Å². The molecule has 0 spiro atoms. The number of carbonyl (C=O) groups excluding carboxylic acids is 4. The predicted molar refractivity (Wildman–Crippen MR) is 192 cm³/mol. The predicted octanol–water partition coefficient (Wildman–Crippen LogP) is 2.99. The average molecular weight is 738 g/mol. The summed E-state index contributed by atoms with van der Waals surface area (Å²) in [5.41, 5.74) is 0.923. The van der Waals surface area contributed by atoms with Gasteiger partial charge in [-0.2, -0.15) is 0 Å². The molecule has 3 rings (SSSR count). The number of rotatable bonds is 33. The van der Waals surface area contributed by atoms with E-state index in [-0.39, 0.29) is 24.0 Å². The Morgan fingerprint density at radius 1 is 0.615 bits per heavy atom. The van der Waals surface area contributed by atoms with Crippen LogP contribution in [0.3, 0.4) is 0 Å². The molecule has 52 heavy (non-hydrogen) atoms. The molecule has 15 heteroatoms. The molecule has 0 saturated carbocycles. The molecule has 2 aliphatic rings. The fourth-order valence-electron chi connectivity index (χ4n) is 5.55. The van der Waals surface area contributed by atoms with Crippen LogP contribution in [0.4, 0.5) is 5.69 Å². The maximum absolute atomic E-state index is 13.1. The molecule has 1 unspecified atom stereocenters. The summed E-state index contributed by atoms with van der Waals surface area (Å²) in [6.45, 7) is 10.6. The largest absolute Gasteiger partial charge is 0.382 e. The molecule has 2 N–H and O–H groups in total. The van der Waals surface area contributed by atoms with Crippen molar-refractivity contribution in [3.63, 3.8) is 0 Å². The molecule has 1 saturated heterocycles. The van der Waals surface area contributed by atoms with E-state index in [0.29, 0.717) is 111 Å². The zero-order valence-corrected chi connectivity index (χ0v) is 30.8. The number of fused-ring (bicyclic) bond motifs is 1. The van der Waals surface area contributed by atoms with Crippen LogP contribution in [0.15, 0.2) is 18.2 Å². The maximum Gasteiger partial charge on any atom is 0.264 e. The summed E-state index contributed by atoms with van der Waals surface area (Å²) in [6, 6.07) is 3.92. The molecule has 1 fully saturated rings. The Kier molecular flexibility index (Phi) is 23.0. The van der Waals surface area contributed by atoms with Crippen molar-refractivity contribution in [1.82, 2.24) is 10.2 Å². The molecule has 0 radical (unpaired) electrons. The van der Waals surface area contributed by atoms with Crippen molar-refractivity contribution in [2.24, 2.45) is 0 Å². The number of unbranched alkanes of at least 4 members (excludes halogenated alkanes) is 5. The topological polar surface area (TPSA) is 169 Å². The summed E-state index contributed by atoms with van der Waals surface area (Å²) in [7, 11) is 0. The van der Waals surface area contributed by atoms with Crippen molar-refractivity contribution in [3.8, 4) is 0 Å². The van der Waals surface area contributed by atoms with Gasteiger partial charge >= 0.3 is 0 Å². The van der Waals surface area contributed by atoms with E-state index in [1.807, 2.05) is 0 Å². The Morgan fingerprint density at radius 3 is 1.62 bits per heavy atom. The van der Waals surface area contributed by atoms with Gasteiger partial charge in [0.2, 0.25) is 11.8 Å². The van der Waals surface area contributed by atoms with E-state index in [0.717, 1.165) is 17.9 Å². The second kappa shape index (κ2) is 27.6. The minimum Gasteiger partial charge on any atom is -0.382 e. The zero-order valence-electron chi connectivity index (χ0n) is 30.8. The monoisotopic (exact) mass is 737 g/mol. The van der Waals surface area contributed by atoms with Crippen molar-refractivity contribution < 1.29 is 57.1 Å². The van der Waals surface area contributed by atoms with E-state index in [9.17, 15) is 19.2 Å². The van der Waals surface area contributed by atoms with Gasteiger partial charge in [-0.1, -0.05) is 45.1 Å². The number of hydrogen-bond acceptors (Lipinski definition) is 13. The van der Waals surface area contributed by atoms with E-state index in [1.54, 1.807) is 18.2 Å². The molecule has 4 amide bonds. The fraction of sp³-hybridized carbons (Fsp3) is 0.730. The number of hydrogen-bond donors (Lipinski definition) is 2. The second-order valence-corrected chi connectivity index (χ2v) is 12.3. The standard InChI is InChI=1S/C37H59N3O12/c1-2-3-4-5-6-7-14-45-16-18-47-20-22-49-24-26-51-28-29-52-27-25-50-23-21-48-19-17-46-15-13-38-31-10-8-9-30-34(31)37(44)40(36(30)43)32-11-12-33(41)39-35(32)42/h8-10,32,38H,2-7,11-29H2,1H3,(H,39,41,42). The lowest BCUT2D eigenvalue weighted by Gasteiger charge is -2.27. The third kappa shape index (κ3) is 16.8. The maximum atomic E-state index is 13.1. The number of nitrogens with zero attached hydrogens (tertiary/aromatic N) is 1. The zero-order chi connectivity index (χ0) is 37.1. The second-order valence-electron chi connectivity index (χ2n) is 12.3. The molecule has 15 nitrogen and oxygen atoms in total. The summed E-state index contributed by atoms with van der Waals surface area (Å²) in [6.07, 6.45) is 7.78. The first-order valence-electron chi connectivity index (χ1n) is 18.7. The van der Waals surface area contributed by atoms with Gasteiger partial charge in [0.1, 0.15) is 6.04 Å². The third-order valence-corrected chi connectivity index (χ3v) is 8.28. The van der Waals surface area contributed by atoms with Crippen LogP contribution in [0.5, 0.6) is 0 Å². The van der Waals surface area contributed by atoms with E-state index in [2.05, 4.69) is 17.6 Å². The third-order valence-electron chi connectivity index (χ3n) is 8.28. The lowest BCUT2D eigenvalue weighted by atomic mass is 10.0. The van der Waals surface area contributed by atoms with Crippen molar-refractivity contribution in [3.05, 3.63) is 29.3 Å². The molecule has 1 aromatic carbocycles. The highest BCUT2D eigenvalue weighted by Crippen LogP contribution is 2.32. The van der Waals surface area contributed by atoms with E-state index < -0.39 is 29.7 Å². The fourth-order valence-corrected chi connectivity index (χ4v) is 5.55. The number of ether oxygens (including phenoxy) is 8. The normalized spacial score (nSPS) is 15.8. The molecule has 0 bridgehead atoms. The Balaban J connectivity index is 1.04. The van der Waals surface area contributed by atoms with E-state index >= 15 is 0 Å². The number of benzene rings is 1. The highest BCUT2D eigenvalue weighted by molar-refractivity contribution is 6.25. The van der Waals surface area contributed by atoms with Gasteiger partial charge in [-0.3, -0.25) is 29.4 Å². The van der Waals surface area contributed by atoms with Crippen LogP contribution in [0.1, 0.15) is 79.0 Å². The quantitative estimate of drug-likeness (QED) is 0.0799. The summed E-state index contributed by atoms with van der Waals surface area (Å²) in [5.74, 6) is -2.15. The lowest BCUT2D eigenvalue weighted by molar-refractivity contribution is -0.136. The minimum atomic E-state index is -1.01. The first-order valence-corrected chi connectivity index (χ1v) is 18.7. The Labute approximate surface area is 307 Å². The molecule has 2 aliphatic heterocycles. The van der Waals surface area contributed by atoms with Crippen molar-refractivity contribution >= 4 is 29.3 Å². The van der Waals surface area contributed by atoms with Gasteiger partial charge in [0.15, 0.2) is 0 Å². The molecule has 294 valence electrons. The van der Waals surface area contributed by atoms with Gasteiger partial charge in [0.05, 0.1) is 110 Å². The molecule has 0 aliphatic carbocycles. The average Bonchev–Trinajstić information content (AvgIpc) is 3.39. The number of carbonyl (C=O) groups is 4. The highest BCUT2D eigenvalue weighted by Gasteiger charge is 2.45. The van der Waals surface area contributed by atoms with Gasteiger partial charge in [0, 0.05) is 25.3 Å². The van der Waals surface area contributed by atoms with Crippen LogP contribution in [0.25, 0.3) is 0 Å². The molecule has 0 aromatic heterocycles. The summed E-state index contributed by atoms with van der Waals surface area (Å²) < 4.78 is 44.2. The smallest absolute Gasteiger partial charge is 0.264 e.